The van der Waals surface area contributed by atoms with Gasteiger partial charge in [0.15, 0.2) is 0 Å². The molecule has 1 unspecified atom stereocenters. The Morgan fingerprint density at radius 1 is 1.24 bits per heavy atom. The highest BCUT2D eigenvalue weighted by Crippen LogP contribution is 2.16. The fourth-order valence-corrected chi connectivity index (χ4v) is 3.00. The molecule has 1 heterocycles. The zero-order valence-electron chi connectivity index (χ0n) is 15.8. The van der Waals surface area contributed by atoms with E-state index in [-0.39, 0.29) is 5.91 Å². The fraction of sp³-hybridized carbons (Fsp3) is 0.550. The van der Waals surface area contributed by atoms with E-state index in [0.717, 1.165) is 24.2 Å². The third-order valence-corrected chi connectivity index (χ3v) is 4.72. The number of aryl methyl sites for hydroxylation is 3. The molecule has 0 bridgehead atoms. The molecule has 1 aliphatic heterocycles. The number of likely N-dealkylation sites (N-methyl/N-ethyl adjacent to an activating group) is 1. The summed E-state index contributed by atoms with van der Waals surface area (Å²) in [5.74, 6) is -0.0985. The van der Waals surface area contributed by atoms with Crippen LogP contribution >= 0.6 is 0 Å². The Labute approximate surface area is 150 Å². The van der Waals surface area contributed by atoms with E-state index < -0.39 is 6.10 Å². The molecule has 2 rings (SSSR count). The largest absolute Gasteiger partial charge is 0.390 e. The number of carbonyl (C=O) groups excluding carboxylic acids is 1. The molecule has 1 fully saturated rings. The van der Waals surface area contributed by atoms with Gasteiger partial charge in [0.05, 0.1) is 19.3 Å². The van der Waals surface area contributed by atoms with Gasteiger partial charge in [-0.2, -0.15) is 0 Å². The molecule has 1 amide bonds. The van der Waals surface area contributed by atoms with Crippen molar-refractivity contribution in [1.29, 1.82) is 0 Å². The van der Waals surface area contributed by atoms with Gasteiger partial charge in [0.1, 0.15) is 0 Å². The summed E-state index contributed by atoms with van der Waals surface area (Å²) in [5.41, 5.74) is 4.68. The number of aliphatic hydroxyl groups is 1. The molecule has 5 nitrogen and oxygen atoms in total. The molecule has 1 atom stereocenters. The molecule has 1 N–H and O–H groups in total. The molecule has 5 heteroatoms. The summed E-state index contributed by atoms with van der Waals surface area (Å²) in [6.07, 6.45) is 2.89. The maximum atomic E-state index is 12.3. The smallest absolute Gasteiger partial charge is 0.246 e. The summed E-state index contributed by atoms with van der Waals surface area (Å²) in [5, 5.41) is 10.2. The molecule has 25 heavy (non-hydrogen) atoms. The van der Waals surface area contributed by atoms with Crippen molar-refractivity contribution in [1.82, 2.24) is 9.80 Å². The minimum absolute atomic E-state index is 0.0985. The van der Waals surface area contributed by atoms with E-state index in [4.69, 9.17) is 4.74 Å². The number of benzene rings is 1. The van der Waals surface area contributed by atoms with Gasteiger partial charge in [-0.1, -0.05) is 12.1 Å². The number of morpholine rings is 1. The second-order valence-electron chi connectivity index (χ2n) is 6.91. The van der Waals surface area contributed by atoms with E-state index in [0.29, 0.717) is 26.3 Å². The number of ether oxygens (including phenoxy) is 1. The molecule has 138 valence electrons. The summed E-state index contributed by atoms with van der Waals surface area (Å²) in [4.78, 5) is 16.0. The highest BCUT2D eigenvalue weighted by atomic mass is 16.5. The van der Waals surface area contributed by atoms with Crippen LogP contribution < -0.4 is 0 Å². The topological polar surface area (TPSA) is 53.0 Å². The number of hydrogen-bond donors (Lipinski definition) is 1. The first-order valence-corrected chi connectivity index (χ1v) is 8.86. The van der Waals surface area contributed by atoms with Gasteiger partial charge >= 0.3 is 0 Å². The van der Waals surface area contributed by atoms with Crippen LogP contribution in [0.5, 0.6) is 0 Å². The quantitative estimate of drug-likeness (QED) is 0.798. The normalized spacial score (nSPS) is 17.0. The van der Waals surface area contributed by atoms with Gasteiger partial charge in [0.25, 0.3) is 0 Å². The van der Waals surface area contributed by atoms with Crippen molar-refractivity contribution in [2.75, 3.05) is 46.4 Å². The Morgan fingerprint density at radius 3 is 2.56 bits per heavy atom. The minimum atomic E-state index is -0.552. The highest BCUT2D eigenvalue weighted by molar-refractivity contribution is 5.91. The maximum absolute atomic E-state index is 12.3. The van der Waals surface area contributed by atoms with Gasteiger partial charge in [0.2, 0.25) is 5.91 Å². The monoisotopic (exact) mass is 346 g/mol. The maximum Gasteiger partial charge on any atom is 0.246 e. The second-order valence-corrected chi connectivity index (χ2v) is 6.91. The molecule has 0 aromatic heterocycles. The average molecular weight is 346 g/mol. The van der Waals surface area contributed by atoms with E-state index in [1.54, 1.807) is 18.0 Å². The molecule has 1 aliphatic rings. The number of aliphatic hydroxyl groups excluding tert-OH is 1. The van der Waals surface area contributed by atoms with E-state index in [2.05, 4.69) is 30.9 Å². The highest BCUT2D eigenvalue weighted by Gasteiger charge is 2.17. The molecule has 1 aromatic carbocycles. The summed E-state index contributed by atoms with van der Waals surface area (Å²) in [7, 11) is 1.72. The number of β-amino-alcohol motifs (C(OH)–C–C–N with tert-alkyl or cyclic N) is 1. The van der Waals surface area contributed by atoms with Gasteiger partial charge in [-0.25, -0.2) is 0 Å². The van der Waals surface area contributed by atoms with Crippen molar-refractivity contribution >= 4 is 12.0 Å². The molecule has 1 saturated heterocycles. The van der Waals surface area contributed by atoms with Crippen molar-refractivity contribution < 1.29 is 14.6 Å². The molecular formula is C20H30N2O3. The first kappa shape index (κ1) is 19.6. The van der Waals surface area contributed by atoms with E-state index in [1.165, 1.54) is 11.1 Å². The van der Waals surface area contributed by atoms with Crippen LogP contribution in [0.1, 0.15) is 22.3 Å². The van der Waals surface area contributed by atoms with Gasteiger partial charge in [-0.05, 0) is 49.1 Å². The lowest BCUT2D eigenvalue weighted by molar-refractivity contribution is -0.126. The first-order valence-electron chi connectivity index (χ1n) is 8.86. The fourth-order valence-electron chi connectivity index (χ4n) is 3.00. The molecule has 1 aromatic rings. The predicted octanol–water partition coefficient (Wildman–Crippen LogP) is 1.78. The lowest BCUT2D eigenvalue weighted by atomic mass is 10.0. The summed E-state index contributed by atoms with van der Waals surface area (Å²) in [6, 6.07) is 4.23. The Morgan fingerprint density at radius 2 is 1.88 bits per heavy atom. The Hall–Kier alpha value is -1.69. The van der Waals surface area contributed by atoms with Gasteiger partial charge in [-0.3, -0.25) is 9.69 Å². The lowest BCUT2D eigenvalue weighted by Crippen LogP contribution is -2.44. The third-order valence-electron chi connectivity index (χ3n) is 4.72. The Bertz CT molecular complexity index is 622. The standard InChI is InChI=1S/C20H30N2O3/c1-15-11-17(3)18(12-16(15)2)5-6-20(24)21(4)13-19(23)14-22-7-9-25-10-8-22/h5-6,11-12,19,23H,7-10,13-14H2,1-4H3. The molecular weight excluding hydrogens is 316 g/mol. The van der Waals surface area contributed by atoms with Crippen LogP contribution in [-0.4, -0.2) is 73.4 Å². The van der Waals surface area contributed by atoms with E-state index in [1.807, 2.05) is 13.0 Å². The van der Waals surface area contributed by atoms with Crippen LogP contribution in [0.2, 0.25) is 0 Å². The minimum Gasteiger partial charge on any atom is -0.390 e. The SMILES string of the molecule is Cc1cc(C)c(C=CC(=O)N(C)CC(O)CN2CCOCC2)cc1C. The molecule has 0 aliphatic carbocycles. The predicted molar refractivity (Wildman–Crippen MR) is 101 cm³/mol. The average Bonchev–Trinajstić information content (AvgIpc) is 2.57. The third kappa shape index (κ3) is 5.96. The Kier molecular flexibility index (Phi) is 7.17. The lowest BCUT2D eigenvalue weighted by Gasteiger charge is -2.29. The van der Waals surface area contributed by atoms with Crippen LogP contribution in [0.4, 0.5) is 0 Å². The zero-order valence-corrected chi connectivity index (χ0v) is 15.8. The molecule has 0 spiro atoms. The van der Waals surface area contributed by atoms with Crippen LogP contribution in [0.15, 0.2) is 18.2 Å². The second kappa shape index (κ2) is 9.13. The van der Waals surface area contributed by atoms with Crippen molar-refractivity contribution in [3.63, 3.8) is 0 Å². The number of rotatable bonds is 6. The first-order chi connectivity index (χ1) is 11.9. The summed E-state index contributed by atoms with van der Waals surface area (Å²) < 4.78 is 5.30. The number of nitrogens with zero attached hydrogens (tertiary/aromatic N) is 2. The summed E-state index contributed by atoms with van der Waals surface area (Å²) in [6.45, 7) is 10.2. The van der Waals surface area contributed by atoms with Crippen LogP contribution in [0.25, 0.3) is 6.08 Å². The van der Waals surface area contributed by atoms with Crippen LogP contribution in [-0.2, 0) is 9.53 Å². The van der Waals surface area contributed by atoms with Gasteiger partial charge in [-0.15, -0.1) is 0 Å². The number of hydrogen-bond acceptors (Lipinski definition) is 4. The van der Waals surface area contributed by atoms with Crippen molar-refractivity contribution in [2.45, 2.75) is 26.9 Å². The molecule has 0 saturated carbocycles. The van der Waals surface area contributed by atoms with E-state index in [9.17, 15) is 9.90 Å². The number of amides is 1. The van der Waals surface area contributed by atoms with Crippen molar-refractivity contribution in [2.24, 2.45) is 0 Å². The van der Waals surface area contributed by atoms with Crippen LogP contribution in [0.3, 0.4) is 0 Å². The molecule has 0 radical (unpaired) electrons. The number of carbonyl (C=O) groups is 1. The van der Waals surface area contributed by atoms with Gasteiger partial charge in [0, 0.05) is 39.3 Å². The van der Waals surface area contributed by atoms with Crippen molar-refractivity contribution in [3.8, 4) is 0 Å². The van der Waals surface area contributed by atoms with Crippen molar-refractivity contribution in [3.05, 3.63) is 40.5 Å². The van der Waals surface area contributed by atoms with Gasteiger partial charge < -0.3 is 14.7 Å². The van der Waals surface area contributed by atoms with E-state index >= 15 is 0 Å². The Balaban J connectivity index is 1.87. The zero-order chi connectivity index (χ0) is 18.4. The summed E-state index contributed by atoms with van der Waals surface area (Å²) >= 11 is 0. The van der Waals surface area contributed by atoms with Crippen LogP contribution in [0, 0.1) is 20.8 Å².